The second-order valence-corrected chi connectivity index (χ2v) is 6.95. The summed E-state index contributed by atoms with van der Waals surface area (Å²) in [5.74, 6) is -0.191. The van der Waals surface area contributed by atoms with Gasteiger partial charge in [-0.15, -0.1) is 0 Å². The Morgan fingerprint density at radius 3 is 2.63 bits per heavy atom. The number of hydrogen-bond donors (Lipinski definition) is 1. The number of benzene rings is 1. The third kappa shape index (κ3) is 3.75. The summed E-state index contributed by atoms with van der Waals surface area (Å²) in [7, 11) is -3.34. The highest BCUT2D eigenvalue weighted by atomic mass is 32.2. The van der Waals surface area contributed by atoms with Crippen LogP contribution in [0, 0.1) is 11.7 Å². The van der Waals surface area contributed by atoms with Gasteiger partial charge in [-0.1, -0.05) is 12.1 Å². The van der Waals surface area contributed by atoms with E-state index in [-0.39, 0.29) is 17.5 Å². The predicted octanol–water partition coefficient (Wildman–Crippen LogP) is 1.33. The first-order chi connectivity index (χ1) is 9.01. The molecule has 1 saturated heterocycles. The Kier molecular flexibility index (Phi) is 4.54. The number of piperidine rings is 1. The molecule has 0 aliphatic carbocycles. The Morgan fingerprint density at radius 1 is 1.32 bits per heavy atom. The van der Waals surface area contributed by atoms with E-state index in [0.29, 0.717) is 25.2 Å². The molecule has 0 spiro atoms. The van der Waals surface area contributed by atoms with Gasteiger partial charge in [0.1, 0.15) is 5.82 Å². The number of nitrogens with zero attached hydrogens (tertiary/aromatic N) is 1. The van der Waals surface area contributed by atoms with Crippen molar-refractivity contribution in [1.29, 1.82) is 0 Å². The van der Waals surface area contributed by atoms with Gasteiger partial charge in [-0.2, -0.15) is 0 Å². The Hall–Kier alpha value is -0.980. The molecule has 0 amide bonds. The number of nitrogens with two attached hydrogens (primary N) is 1. The molecule has 6 heteroatoms. The second kappa shape index (κ2) is 5.98. The van der Waals surface area contributed by atoms with E-state index in [1.807, 2.05) is 0 Å². The minimum atomic E-state index is -3.34. The zero-order valence-electron chi connectivity index (χ0n) is 10.8. The summed E-state index contributed by atoms with van der Waals surface area (Å²) in [6, 6.07) is 5.59. The highest BCUT2D eigenvalue weighted by Gasteiger charge is 2.28. The summed E-state index contributed by atoms with van der Waals surface area (Å²) in [6.45, 7) is 1.57. The fourth-order valence-electron chi connectivity index (χ4n) is 2.35. The van der Waals surface area contributed by atoms with Crippen LogP contribution in [0.5, 0.6) is 0 Å². The number of hydrogen-bond acceptors (Lipinski definition) is 3. The zero-order valence-corrected chi connectivity index (χ0v) is 11.6. The van der Waals surface area contributed by atoms with Gasteiger partial charge < -0.3 is 5.73 Å². The average Bonchev–Trinajstić information content (AvgIpc) is 2.41. The monoisotopic (exact) mass is 286 g/mol. The summed E-state index contributed by atoms with van der Waals surface area (Å²) in [6.07, 6.45) is 1.84. The van der Waals surface area contributed by atoms with Crippen molar-refractivity contribution in [1.82, 2.24) is 4.31 Å². The van der Waals surface area contributed by atoms with Crippen molar-refractivity contribution in [3.63, 3.8) is 0 Å². The quantitative estimate of drug-likeness (QED) is 0.908. The maximum absolute atomic E-state index is 12.8. The van der Waals surface area contributed by atoms with Crippen LogP contribution >= 0.6 is 0 Å². The molecule has 2 rings (SSSR count). The summed E-state index contributed by atoms with van der Waals surface area (Å²) in [5.41, 5.74) is 6.22. The smallest absolute Gasteiger partial charge is 0.218 e. The lowest BCUT2D eigenvalue weighted by Crippen LogP contribution is -2.42. The van der Waals surface area contributed by atoms with E-state index >= 15 is 0 Å². The van der Waals surface area contributed by atoms with Crippen molar-refractivity contribution in [2.75, 3.05) is 19.6 Å². The van der Waals surface area contributed by atoms with E-state index in [1.165, 1.54) is 28.6 Å². The maximum atomic E-state index is 12.8. The second-order valence-electron chi connectivity index (χ2n) is 4.98. The highest BCUT2D eigenvalue weighted by molar-refractivity contribution is 7.88. The molecule has 0 radical (unpaired) electrons. The minimum Gasteiger partial charge on any atom is -0.330 e. The minimum absolute atomic E-state index is 0.0788. The molecule has 1 fully saturated rings. The van der Waals surface area contributed by atoms with E-state index in [2.05, 4.69) is 0 Å². The normalized spacial score (nSPS) is 21.5. The van der Waals surface area contributed by atoms with E-state index in [1.54, 1.807) is 0 Å². The van der Waals surface area contributed by atoms with Gasteiger partial charge >= 0.3 is 0 Å². The van der Waals surface area contributed by atoms with Gasteiger partial charge in [-0.05, 0) is 43.0 Å². The van der Waals surface area contributed by atoms with Crippen LogP contribution in [0.15, 0.2) is 24.3 Å². The van der Waals surface area contributed by atoms with Gasteiger partial charge in [0.25, 0.3) is 0 Å². The lowest BCUT2D eigenvalue weighted by molar-refractivity contribution is 0.271. The highest BCUT2D eigenvalue weighted by Crippen LogP contribution is 2.20. The Morgan fingerprint density at radius 2 is 2.00 bits per heavy atom. The molecule has 19 heavy (non-hydrogen) atoms. The predicted molar refractivity (Wildman–Crippen MR) is 72.4 cm³/mol. The average molecular weight is 286 g/mol. The molecular weight excluding hydrogens is 267 g/mol. The SMILES string of the molecule is NCC1CCCN(S(=O)(=O)Cc2ccc(F)cc2)C1. The van der Waals surface area contributed by atoms with Crippen molar-refractivity contribution < 1.29 is 12.8 Å². The molecule has 0 saturated carbocycles. The van der Waals surface area contributed by atoms with Crippen LogP contribution in [-0.2, 0) is 15.8 Å². The topological polar surface area (TPSA) is 63.4 Å². The van der Waals surface area contributed by atoms with Crippen molar-refractivity contribution in [2.24, 2.45) is 11.7 Å². The summed E-state index contributed by atoms with van der Waals surface area (Å²) >= 11 is 0. The molecule has 1 aromatic carbocycles. The molecule has 106 valence electrons. The molecule has 0 aromatic heterocycles. The van der Waals surface area contributed by atoms with Crippen LogP contribution in [0.1, 0.15) is 18.4 Å². The molecule has 1 heterocycles. The van der Waals surface area contributed by atoms with Crippen molar-refractivity contribution in [3.8, 4) is 0 Å². The van der Waals surface area contributed by atoms with E-state index in [0.717, 1.165) is 12.8 Å². The van der Waals surface area contributed by atoms with E-state index in [4.69, 9.17) is 5.73 Å². The van der Waals surface area contributed by atoms with Crippen molar-refractivity contribution >= 4 is 10.0 Å². The molecule has 1 aromatic rings. The number of halogens is 1. The fourth-order valence-corrected chi connectivity index (χ4v) is 4.00. The van der Waals surface area contributed by atoms with Crippen molar-refractivity contribution in [2.45, 2.75) is 18.6 Å². The zero-order chi connectivity index (χ0) is 13.9. The molecule has 2 N–H and O–H groups in total. The van der Waals surface area contributed by atoms with Crippen LogP contribution in [0.25, 0.3) is 0 Å². The Labute approximate surface area is 113 Å². The van der Waals surface area contributed by atoms with Crippen molar-refractivity contribution in [3.05, 3.63) is 35.6 Å². The van der Waals surface area contributed by atoms with Gasteiger partial charge in [0.2, 0.25) is 10.0 Å². The summed E-state index contributed by atoms with van der Waals surface area (Å²) < 4.78 is 38.9. The van der Waals surface area contributed by atoms with Gasteiger partial charge in [0.05, 0.1) is 5.75 Å². The molecule has 1 aliphatic rings. The first-order valence-electron chi connectivity index (χ1n) is 6.43. The van der Waals surface area contributed by atoms with Gasteiger partial charge in [0, 0.05) is 13.1 Å². The van der Waals surface area contributed by atoms with Gasteiger partial charge in [-0.3, -0.25) is 0 Å². The van der Waals surface area contributed by atoms with Crippen LogP contribution in [-0.4, -0.2) is 32.4 Å². The number of rotatable bonds is 4. The molecular formula is C13H19FN2O2S. The largest absolute Gasteiger partial charge is 0.330 e. The van der Waals surface area contributed by atoms with Crippen LogP contribution < -0.4 is 5.73 Å². The Balaban J connectivity index is 2.07. The lowest BCUT2D eigenvalue weighted by atomic mass is 10.0. The molecule has 1 aliphatic heterocycles. The molecule has 0 bridgehead atoms. The first kappa shape index (κ1) is 14.4. The number of sulfonamides is 1. The standard InChI is InChI=1S/C13H19FN2O2S/c14-13-5-3-11(4-6-13)10-19(17,18)16-7-1-2-12(8-15)9-16/h3-6,12H,1-2,7-10,15H2. The molecule has 1 unspecified atom stereocenters. The third-order valence-electron chi connectivity index (χ3n) is 3.47. The van der Waals surface area contributed by atoms with Crippen LogP contribution in [0.4, 0.5) is 4.39 Å². The van der Waals surface area contributed by atoms with Crippen LogP contribution in [0.3, 0.4) is 0 Å². The van der Waals surface area contributed by atoms with Gasteiger partial charge in [0.15, 0.2) is 0 Å². The maximum Gasteiger partial charge on any atom is 0.218 e. The molecule has 1 atom stereocenters. The van der Waals surface area contributed by atoms with E-state index in [9.17, 15) is 12.8 Å². The van der Waals surface area contributed by atoms with Crippen LogP contribution in [0.2, 0.25) is 0 Å². The summed E-state index contributed by atoms with van der Waals surface area (Å²) in [5, 5.41) is 0. The first-order valence-corrected chi connectivity index (χ1v) is 8.04. The lowest BCUT2D eigenvalue weighted by Gasteiger charge is -2.31. The van der Waals surface area contributed by atoms with Gasteiger partial charge in [-0.25, -0.2) is 17.1 Å². The third-order valence-corrected chi connectivity index (χ3v) is 5.29. The molecule has 4 nitrogen and oxygen atoms in total. The summed E-state index contributed by atoms with van der Waals surface area (Å²) in [4.78, 5) is 0. The van der Waals surface area contributed by atoms with E-state index < -0.39 is 10.0 Å². The fraction of sp³-hybridized carbons (Fsp3) is 0.538. The Bertz CT molecular complexity index is 516.